The molecular weight excluding hydrogens is 398 g/mol. The van der Waals surface area contributed by atoms with Crippen LogP contribution in [0.25, 0.3) is 0 Å². The van der Waals surface area contributed by atoms with Gasteiger partial charge in [-0.15, -0.1) is 0 Å². The first-order chi connectivity index (χ1) is 14.3. The Morgan fingerprint density at radius 2 is 2.10 bits per heavy atom. The summed E-state index contributed by atoms with van der Waals surface area (Å²) in [5, 5.41) is 10.2. The first-order valence-electron chi connectivity index (χ1n) is 11.0. The molecule has 0 unspecified atom stereocenters. The Kier molecular flexibility index (Phi) is 4.71. The predicted octanol–water partition coefficient (Wildman–Crippen LogP) is 4.48. The normalized spacial score (nSPS) is 22.3. The van der Waals surface area contributed by atoms with Gasteiger partial charge < -0.3 is 9.52 Å². The first kappa shape index (κ1) is 20.0. The monoisotopic (exact) mass is 427 g/mol. The number of nitrogens with one attached hydrogen (secondary N) is 1. The topological polar surface area (TPSA) is 91.4 Å². The van der Waals surface area contributed by atoms with Gasteiger partial charge in [-0.25, -0.2) is 8.99 Å². The average Bonchev–Trinajstić information content (AvgIpc) is 3.56. The van der Waals surface area contributed by atoms with Crippen LogP contribution in [0.3, 0.4) is 0 Å². The molecule has 0 bridgehead atoms. The van der Waals surface area contributed by atoms with Gasteiger partial charge in [0.15, 0.2) is 10.9 Å². The molecule has 2 aromatic rings. The van der Waals surface area contributed by atoms with Gasteiger partial charge in [-0.2, -0.15) is 0 Å². The molecular formula is C24H29NO4S. The maximum Gasteiger partial charge on any atom is 0.199 e. The van der Waals surface area contributed by atoms with Crippen molar-refractivity contribution < 1.29 is 18.5 Å². The summed E-state index contributed by atoms with van der Waals surface area (Å²) in [5.41, 5.74) is 4.69. The number of fused-ring (bicyclic) bond motifs is 1. The van der Waals surface area contributed by atoms with Gasteiger partial charge in [0.25, 0.3) is 0 Å². The molecule has 30 heavy (non-hydrogen) atoms. The maximum absolute atomic E-state index is 13.0. The van der Waals surface area contributed by atoms with E-state index < -0.39 is 15.3 Å². The Bertz CT molecular complexity index is 1110. The molecule has 1 aromatic heterocycles. The SMILES string of the molecule is C[C@H](c1ccc2c(c1CC(=O)C[S@](=N)(=O)c1cc(C3(O)CC3)co1)CCC2)C1CC1. The van der Waals surface area contributed by atoms with Crippen LogP contribution < -0.4 is 0 Å². The molecule has 1 heterocycles. The molecule has 0 amide bonds. The van der Waals surface area contributed by atoms with Gasteiger partial charge in [0, 0.05) is 18.1 Å². The summed E-state index contributed by atoms with van der Waals surface area (Å²) in [6.07, 6.45) is 8.57. The Hall–Kier alpha value is -1.92. The van der Waals surface area contributed by atoms with Crippen molar-refractivity contribution in [3.8, 4) is 0 Å². The van der Waals surface area contributed by atoms with Crippen molar-refractivity contribution in [3.63, 3.8) is 0 Å². The average molecular weight is 428 g/mol. The number of Topliss-reactive ketones (excluding diaryl/α,β-unsaturated/α-hetero) is 1. The van der Waals surface area contributed by atoms with Crippen LogP contribution in [-0.2, 0) is 39.4 Å². The van der Waals surface area contributed by atoms with Crippen molar-refractivity contribution >= 4 is 15.5 Å². The lowest BCUT2D eigenvalue weighted by Crippen LogP contribution is -2.19. The highest BCUT2D eigenvalue weighted by Gasteiger charge is 2.44. The zero-order valence-corrected chi connectivity index (χ0v) is 18.2. The highest BCUT2D eigenvalue weighted by molar-refractivity contribution is 7.93. The van der Waals surface area contributed by atoms with Crippen molar-refractivity contribution in [3.05, 3.63) is 52.3 Å². The van der Waals surface area contributed by atoms with Gasteiger partial charge in [-0.1, -0.05) is 19.1 Å². The third-order valence-corrected chi connectivity index (χ3v) is 8.75. The molecule has 2 fully saturated rings. The van der Waals surface area contributed by atoms with E-state index in [0.29, 0.717) is 30.2 Å². The summed E-state index contributed by atoms with van der Waals surface area (Å²) in [4.78, 5) is 13.0. The van der Waals surface area contributed by atoms with E-state index in [4.69, 9.17) is 9.20 Å². The number of rotatable bonds is 8. The second-order valence-corrected chi connectivity index (χ2v) is 11.5. The second kappa shape index (κ2) is 7.06. The largest absolute Gasteiger partial charge is 0.454 e. The van der Waals surface area contributed by atoms with Crippen LogP contribution in [0.4, 0.5) is 0 Å². The van der Waals surface area contributed by atoms with Gasteiger partial charge in [-0.3, -0.25) is 4.79 Å². The molecule has 0 radical (unpaired) electrons. The van der Waals surface area contributed by atoms with Crippen molar-refractivity contribution in [2.75, 3.05) is 5.75 Å². The molecule has 3 aliphatic rings. The molecule has 2 atom stereocenters. The molecule has 2 saturated carbocycles. The molecule has 0 saturated heterocycles. The lowest BCUT2D eigenvalue weighted by molar-refractivity contribution is -0.116. The van der Waals surface area contributed by atoms with E-state index >= 15 is 0 Å². The van der Waals surface area contributed by atoms with Gasteiger partial charge in [0.2, 0.25) is 0 Å². The Balaban J connectivity index is 1.37. The van der Waals surface area contributed by atoms with E-state index in [1.54, 1.807) is 0 Å². The van der Waals surface area contributed by atoms with Gasteiger partial charge in [0.1, 0.15) is 9.73 Å². The van der Waals surface area contributed by atoms with Crippen LogP contribution in [0.2, 0.25) is 0 Å². The fourth-order valence-corrected chi connectivity index (χ4v) is 6.15. The maximum atomic E-state index is 13.0. The number of hydrogen-bond acceptors (Lipinski definition) is 5. The summed E-state index contributed by atoms with van der Waals surface area (Å²) in [5.74, 6) is 0.612. The van der Waals surface area contributed by atoms with E-state index in [1.165, 1.54) is 41.9 Å². The Morgan fingerprint density at radius 1 is 1.33 bits per heavy atom. The number of furan rings is 1. The molecule has 6 heteroatoms. The molecule has 1 aromatic carbocycles. The van der Waals surface area contributed by atoms with E-state index in [9.17, 15) is 14.1 Å². The number of benzene rings is 1. The van der Waals surface area contributed by atoms with Crippen LogP contribution in [0, 0.1) is 10.7 Å². The summed E-state index contributed by atoms with van der Waals surface area (Å²) in [6.45, 7) is 2.25. The van der Waals surface area contributed by atoms with Gasteiger partial charge in [0.05, 0.1) is 17.6 Å². The molecule has 5 rings (SSSR count). The van der Waals surface area contributed by atoms with E-state index in [1.807, 2.05) is 0 Å². The number of hydrogen-bond donors (Lipinski definition) is 2. The minimum atomic E-state index is -3.37. The molecule has 0 aliphatic heterocycles. The lowest BCUT2D eigenvalue weighted by Gasteiger charge is -2.19. The van der Waals surface area contributed by atoms with E-state index in [0.717, 1.165) is 24.8 Å². The Morgan fingerprint density at radius 3 is 2.80 bits per heavy atom. The molecule has 5 nitrogen and oxygen atoms in total. The number of carbonyl (C=O) groups excluding carboxylic acids is 1. The lowest BCUT2D eigenvalue weighted by atomic mass is 9.86. The van der Waals surface area contributed by atoms with Crippen molar-refractivity contribution in [2.24, 2.45) is 5.92 Å². The fraction of sp³-hybridized carbons (Fsp3) is 0.542. The molecule has 0 spiro atoms. The second-order valence-electron chi connectivity index (χ2n) is 9.47. The van der Waals surface area contributed by atoms with Crippen LogP contribution in [0.5, 0.6) is 0 Å². The van der Waals surface area contributed by atoms with Crippen molar-refractivity contribution in [1.29, 1.82) is 4.78 Å². The zero-order chi connectivity index (χ0) is 21.1. The third-order valence-electron chi connectivity index (χ3n) is 7.16. The minimum absolute atomic E-state index is 0.00367. The highest BCUT2D eigenvalue weighted by atomic mass is 32.2. The predicted molar refractivity (Wildman–Crippen MR) is 114 cm³/mol. The number of ketones is 1. The minimum Gasteiger partial charge on any atom is -0.454 e. The van der Waals surface area contributed by atoms with Crippen molar-refractivity contribution in [1.82, 2.24) is 0 Å². The molecule has 3 aliphatic carbocycles. The third kappa shape index (κ3) is 3.65. The van der Waals surface area contributed by atoms with Crippen LogP contribution in [-0.4, -0.2) is 20.9 Å². The van der Waals surface area contributed by atoms with E-state index in [2.05, 4.69) is 19.1 Å². The Labute approximate surface area is 177 Å². The van der Waals surface area contributed by atoms with Crippen molar-refractivity contribution in [2.45, 2.75) is 74.9 Å². The molecule has 160 valence electrons. The number of aliphatic hydroxyl groups is 1. The summed E-state index contributed by atoms with van der Waals surface area (Å²) in [6, 6.07) is 5.92. The van der Waals surface area contributed by atoms with E-state index in [-0.39, 0.29) is 23.0 Å². The first-order valence-corrected chi connectivity index (χ1v) is 12.7. The fourth-order valence-electron chi connectivity index (χ4n) is 4.93. The van der Waals surface area contributed by atoms with Crippen LogP contribution in [0.1, 0.15) is 72.8 Å². The number of carbonyl (C=O) groups is 1. The molecule has 2 N–H and O–H groups in total. The summed E-state index contributed by atoms with van der Waals surface area (Å²) in [7, 11) is -3.37. The van der Waals surface area contributed by atoms with Gasteiger partial charge >= 0.3 is 0 Å². The highest BCUT2D eigenvalue weighted by Crippen LogP contribution is 2.46. The summed E-state index contributed by atoms with van der Waals surface area (Å²) < 4.78 is 26.6. The van der Waals surface area contributed by atoms with Crippen LogP contribution >= 0.6 is 0 Å². The van der Waals surface area contributed by atoms with Crippen LogP contribution in [0.15, 0.2) is 34.0 Å². The quantitative estimate of drug-likeness (QED) is 0.650. The smallest absolute Gasteiger partial charge is 0.199 e. The zero-order valence-electron chi connectivity index (χ0n) is 17.4. The summed E-state index contributed by atoms with van der Waals surface area (Å²) >= 11 is 0. The van der Waals surface area contributed by atoms with Gasteiger partial charge in [-0.05, 0) is 79.0 Å². The standard InChI is InChI=1S/C24H29NO4S/c1-15(16-5-6-16)20-8-7-17-3-2-4-21(17)22(20)12-19(26)14-30(25,28)23-11-18(13-29-23)24(27)9-10-24/h7-8,11,13,15-16,25,27H,2-6,9-10,12,14H2,1H3/t15-,30-/m0/s1. The number of aryl methyl sites for hydroxylation is 1.